The van der Waals surface area contributed by atoms with Gasteiger partial charge in [-0.15, -0.1) is 0 Å². The summed E-state index contributed by atoms with van der Waals surface area (Å²) in [5.41, 5.74) is 4.60. The smallest absolute Gasteiger partial charge is 0.0859 e. The monoisotopic (exact) mass is 312 g/mol. The molecule has 2 aromatic rings. The quantitative estimate of drug-likeness (QED) is 0.815. The second-order valence-corrected chi connectivity index (χ2v) is 4.75. The van der Waals surface area contributed by atoms with Crippen LogP contribution in [0.5, 0.6) is 0 Å². The highest BCUT2D eigenvalue weighted by molar-refractivity contribution is 14.1. The molecule has 0 atom stereocenters. The Morgan fingerprint density at radius 3 is 2.67 bits per heavy atom. The normalized spacial score (nSPS) is 10.7. The number of benzene rings is 1. The van der Waals surface area contributed by atoms with Crippen molar-refractivity contribution in [3.63, 3.8) is 0 Å². The Morgan fingerprint density at radius 1 is 1.27 bits per heavy atom. The minimum atomic E-state index is 1.09. The van der Waals surface area contributed by atoms with Crippen LogP contribution in [-0.2, 0) is 0 Å². The average Bonchev–Trinajstić information content (AvgIpc) is 2.22. The van der Waals surface area contributed by atoms with Crippen molar-refractivity contribution in [3.05, 3.63) is 33.0 Å². The number of halogens is 1. The van der Waals surface area contributed by atoms with Gasteiger partial charge in [-0.05, 0) is 48.1 Å². The Morgan fingerprint density at radius 2 is 2.00 bits per heavy atom. The third-order valence-electron chi connectivity index (χ3n) is 2.70. The lowest BCUT2D eigenvalue weighted by Crippen LogP contribution is -1.99. The van der Waals surface area contributed by atoms with Crippen molar-refractivity contribution in [2.45, 2.75) is 13.8 Å². The summed E-state index contributed by atoms with van der Waals surface area (Å²) in [5, 5.41) is 4.46. The number of anilines is 1. The predicted molar refractivity (Wildman–Crippen MR) is 73.5 cm³/mol. The van der Waals surface area contributed by atoms with Gasteiger partial charge in [0.15, 0.2) is 0 Å². The van der Waals surface area contributed by atoms with E-state index in [1.54, 1.807) is 0 Å². The highest BCUT2D eigenvalue weighted by Crippen LogP contribution is 2.29. The fraction of sp³-hybridized carbons (Fsp3) is 0.250. The van der Waals surface area contributed by atoms with Gasteiger partial charge in [0.05, 0.1) is 5.52 Å². The third kappa shape index (κ3) is 1.69. The summed E-state index contributed by atoms with van der Waals surface area (Å²) in [7, 11) is 1.96. The SMILES string of the molecule is CNc1c(C)c(C)nc2c(I)cccc12. The number of hydrogen-bond acceptors (Lipinski definition) is 2. The molecule has 0 aliphatic rings. The number of hydrogen-bond donors (Lipinski definition) is 1. The Hall–Kier alpha value is -0.840. The van der Waals surface area contributed by atoms with E-state index in [1.807, 2.05) is 7.05 Å². The lowest BCUT2D eigenvalue weighted by molar-refractivity contribution is 1.19. The predicted octanol–water partition coefficient (Wildman–Crippen LogP) is 3.50. The first-order valence-electron chi connectivity index (χ1n) is 4.88. The maximum atomic E-state index is 4.64. The summed E-state index contributed by atoms with van der Waals surface area (Å²) in [6, 6.07) is 6.27. The van der Waals surface area contributed by atoms with Gasteiger partial charge in [0, 0.05) is 27.4 Å². The Kier molecular flexibility index (Phi) is 2.82. The van der Waals surface area contributed by atoms with Crippen LogP contribution in [-0.4, -0.2) is 12.0 Å². The number of fused-ring (bicyclic) bond motifs is 1. The number of nitrogens with one attached hydrogen (secondary N) is 1. The van der Waals surface area contributed by atoms with Crippen LogP contribution in [0.1, 0.15) is 11.3 Å². The van der Waals surface area contributed by atoms with Crippen molar-refractivity contribution in [1.29, 1.82) is 0 Å². The highest BCUT2D eigenvalue weighted by atomic mass is 127. The van der Waals surface area contributed by atoms with Gasteiger partial charge in [-0.3, -0.25) is 4.98 Å². The maximum Gasteiger partial charge on any atom is 0.0859 e. The number of rotatable bonds is 1. The minimum Gasteiger partial charge on any atom is -0.387 e. The van der Waals surface area contributed by atoms with Crippen LogP contribution >= 0.6 is 22.6 Å². The van der Waals surface area contributed by atoms with E-state index in [0.717, 1.165) is 11.2 Å². The molecule has 0 aliphatic carbocycles. The molecule has 1 aromatic heterocycles. The molecule has 0 aliphatic heterocycles. The first-order valence-corrected chi connectivity index (χ1v) is 5.96. The van der Waals surface area contributed by atoms with E-state index in [9.17, 15) is 0 Å². The van der Waals surface area contributed by atoms with Crippen molar-refractivity contribution in [2.24, 2.45) is 0 Å². The molecular weight excluding hydrogens is 299 g/mol. The zero-order chi connectivity index (χ0) is 11.0. The molecule has 3 heteroatoms. The molecule has 1 aromatic carbocycles. The fourth-order valence-corrected chi connectivity index (χ4v) is 2.41. The molecule has 1 heterocycles. The summed E-state index contributed by atoms with van der Waals surface area (Å²) in [6.07, 6.45) is 0. The number of nitrogens with zero attached hydrogens (tertiary/aromatic N) is 1. The van der Waals surface area contributed by atoms with Gasteiger partial charge < -0.3 is 5.32 Å². The van der Waals surface area contributed by atoms with Crippen molar-refractivity contribution in [3.8, 4) is 0 Å². The zero-order valence-electron chi connectivity index (χ0n) is 9.06. The van der Waals surface area contributed by atoms with E-state index in [-0.39, 0.29) is 0 Å². The van der Waals surface area contributed by atoms with Gasteiger partial charge in [-0.25, -0.2) is 0 Å². The van der Waals surface area contributed by atoms with Crippen LogP contribution in [0.3, 0.4) is 0 Å². The summed E-state index contributed by atoms with van der Waals surface area (Å²) < 4.78 is 1.20. The molecule has 78 valence electrons. The molecule has 0 radical (unpaired) electrons. The molecule has 0 amide bonds. The zero-order valence-corrected chi connectivity index (χ0v) is 11.2. The van der Waals surface area contributed by atoms with Gasteiger partial charge in [-0.1, -0.05) is 12.1 Å². The largest absolute Gasteiger partial charge is 0.387 e. The Labute approximate surface area is 103 Å². The number of para-hydroxylation sites is 1. The van der Waals surface area contributed by atoms with Crippen LogP contribution in [0.25, 0.3) is 10.9 Å². The van der Waals surface area contributed by atoms with Crippen molar-refractivity contribution in [2.75, 3.05) is 12.4 Å². The van der Waals surface area contributed by atoms with Gasteiger partial charge in [0.1, 0.15) is 0 Å². The third-order valence-corrected chi connectivity index (χ3v) is 3.57. The Balaban J connectivity index is 2.94. The molecule has 0 saturated carbocycles. The van der Waals surface area contributed by atoms with E-state index in [0.29, 0.717) is 0 Å². The maximum absolute atomic E-state index is 4.64. The molecule has 0 unspecified atom stereocenters. The van der Waals surface area contributed by atoms with E-state index in [2.05, 4.69) is 64.9 Å². The molecule has 2 nitrogen and oxygen atoms in total. The average molecular weight is 312 g/mol. The lowest BCUT2D eigenvalue weighted by atomic mass is 10.1. The van der Waals surface area contributed by atoms with Crippen molar-refractivity contribution < 1.29 is 0 Å². The number of pyridine rings is 1. The highest BCUT2D eigenvalue weighted by Gasteiger charge is 2.09. The van der Waals surface area contributed by atoms with Crippen LogP contribution in [0.4, 0.5) is 5.69 Å². The van der Waals surface area contributed by atoms with Gasteiger partial charge in [-0.2, -0.15) is 0 Å². The summed E-state index contributed by atoms with van der Waals surface area (Å²) in [6.45, 7) is 4.16. The van der Waals surface area contributed by atoms with Gasteiger partial charge in [0.2, 0.25) is 0 Å². The van der Waals surface area contributed by atoms with Crippen LogP contribution in [0, 0.1) is 17.4 Å². The van der Waals surface area contributed by atoms with E-state index >= 15 is 0 Å². The first-order chi connectivity index (χ1) is 7.15. The lowest BCUT2D eigenvalue weighted by Gasteiger charge is -2.12. The topological polar surface area (TPSA) is 24.9 Å². The first kappa shape index (κ1) is 10.7. The van der Waals surface area contributed by atoms with Gasteiger partial charge >= 0.3 is 0 Å². The van der Waals surface area contributed by atoms with E-state index < -0.39 is 0 Å². The molecule has 0 saturated heterocycles. The van der Waals surface area contributed by atoms with Crippen molar-refractivity contribution >= 4 is 39.2 Å². The second-order valence-electron chi connectivity index (χ2n) is 3.58. The number of aryl methyl sites for hydroxylation is 1. The molecule has 0 fully saturated rings. The molecule has 1 N–H and O–H groups in total. The summed E-state index contributed by atoms with van der Waals surface area (Å²) in [4.78, 5) is 4.64. The second kappa shape index (κ2) is 3.96. The van der Waals surface area contributed by atoms with E-state index in [1.165, 1.54) is 20.2 Å². The van der Waals surface area contributed by atoms with E-state index in [4.69, 9.17) is 0 Å². The molecule has 0 spiro atoms. The van der Waals surface area contributed by atoms with Crippen LogP contribution in [0.2, 0.25) is 0 Å². The standard InChI is InChI=1S/C12H13IN2/c1-7-8(2)15-12-9(11(7)14-3)5-4-6-10(12)13/h4-6H,1-3H3,(H,14,15). The Bertz CT molecular complexity index is 521. The molecular formula is C12H13IN2. The van der Waals surface area contributed by atoms with Gasteiger partial charge in [0.25, 0.3) is 0 Å². The minimum absolute atomic E-state index is 1.09. The van der Waals surface area contributed by atoms with Crippen LogP contribution in [0.15, 0.2) is 18.2 Å². The molecule has 2 rings (SSSR count). The number of aromatic nitrogens is 1. The van der Waals surface area contributed by atoms with Crippen LogP contribution < -0.4 is 5.32 Å². The fourth-order valence-electron chi connectivity index (χ4n) is 1.79. The molecule has 0 bridgehead atoms. The molecule has 15 heavy (non-hydrogen) atoms. The van der Waals surface area contributed by atoms with Crippen molar-refractivity contribution in [1.82, 2.24) is 4.98 Å². The summed E-state index contributed by atoms with van der Waals surface area (Å²) >= 11 is 2.33. The summed E-state index contributed by atoms with van der Waals surface area (Å²) in [5.74, 6) is 0.